The van der Waals surface area contributed by atoms with Crippen molar-refractivity contribution in [1.82, 2.24) is 9.55 Å². The van der Waals surface area contributed by atoms with Gasteiger partial charge in [-0.3, -0.25) is 4.57 Å². The minimum absolute atomic E-state index is 0.0191. The standard InChI is InChI=1S/C14H7BrCl2F2N2/c15-7-1-2-8(17)11(5-7)21-12(6-16)20-10-4-3-9(18)13(19)14(10)21/h1-5H,6H2. The van der Waals surface area contributed by atoms with Crippen LogP contribution in [-0.2, 0) is 5.88 Å². The molecule has 0 fully saturated rings. The lowest BCUT2D eigenvalue weighted by atomic mass is 10.2. The van der Waals surface area contributed by atoms with E-state index in [1.165, 1.54) is 10.6 Å². The van der Waals surface area contributed by atoms with Crippen LogP contribution in [0.1, 0.15) is 5.82 Å². The van der Waals surface area contributed by atoms with Crippen molar-refractivity contribution in [2.24, 2.45) is 0 Å². The molecule has 2 nitrogen and oxygen atoms in total. The maximum absolute atomic E-state index is 14.2. The van der Waals surface area contributed by atoms with Crippen molar-refractivity contribution in [2.45, 2.75) is 5.88 Å². The average molecular weight is 392 g/mol. The van der Waals surface area contributed by atoms with Gasteiger partial charge in [0.15, 0.2) is 11.6 Å². The van der Waals surface area contributed by atoms with E-state index >= 15 is 0 Å². The zero-order valence-corrected chi connectivity index (χ0v) is 13.5. The van der Waals surface area contributed by atoms with Crippen molar-refractivity contribution < 1.29 is 8.78 Å². The number of benzene rings is 2. The molecule has 0 unspecified atom stereocenters. The highest BCUT2D eigenvalue weighted by Gasteiger charge is 2.19. The topological polar surface area (TPSA) is 17.8 Å². The van der Waals surface area contributed by atoms with Crippen LogP contribution in [0, 0.1) is 11.6 Å². The molecular formula is C14H7BrCl2F2N2. The Morgan fingerprint density at radius 3 is 2.67 bits per heavy atom. The highest BCUT2D eigenvalue weighted by atomic mass is 79.9. The smallest absolute Gasteiger partial charge is 0.185 e. The van der Waals surface area contributed by atoms with Crippen LogP contribution in [0.15, 0.2) is 34.8 Å². The molecule has 0 bridgehead atoms. The first-order valence-corrected chi connectivity index (χ1v) is 7.60. The van der Waals surface area contributed by atoms with E-state index in [9.17, 15) is 8.78 Å². The molecule has 7 heteroatoms. The molecular weight excluding hydrogens is 385 g/mol. The molecule has 0 aliphatic heterocycles. The number of nitrogens with zero attached hydrogens (tertiary/aromatic N) is 2. The second-order valence-corrected chi connectivity index (χ2v) is 5.91. The lowest BCUT2D eigenvalue weighted by Crippen LogP contribution is -2.02. The van der Waals surface area contributed by atoms with Gasteiger partial charge in [-0.15, -0.1) is 11.6 Å². The van der Waals surface area contributed by atoms with Gasteiger partial charge in [0.05, 0.1) is 22.1 Å². The monoisotopic (exact) mass is 390 g/mol. The van der Waals surface area contributed by atoms with Crippen molar-refractivity contribution in [3.8, 4) is 5.69 Å². The second kappa shape index (κ2) is 5.55. The summed E-state index contributed by atoms with van der Waals surface area (Å²) in [5.41, 5.74) is 0.819. The predicted molar refractivity (Wildman–Crippen MR) is 83.3 cm³/mol. The molecule has 0 N–H and O–H groups in total. The number of alkyl halides is 1. The third-order valence-electron chi connectivity index (χ3n) is 3.05. The van der Waals surface area contributed by atoms with Gasteiger partial charge in [-0.25, -0.2) is 13.8 Å². The predicted octanol–water partition coefficient (Wildman–Crippen LogP) is 5.46. The maximum Gasteiger partial charge on any atom is 0.185 e. The fraction of sp³-hybridized carbons (Fsp3) is 0.0714. The SMILES string of the molecule is Fc1ccc2nc(CCl)n(-c3cc(Br)ccc3Cl)c2c1F. The van der Waals surface area contributed by atoms with Crippen molar-refractivity contribution in [3.63, 3.8) is 0 Å². The Hall–Kier alpha value is -1.17. The van der Waals surface area contributed by atoms with E-state index < -0.39 is 11.6 Å². The van der Waals surface area contributed by atoms with Gasteiger partial charge in [-0.2, -0.15) is 0 Å². The normalized spacial score (nSPS) is 11.3. The van der Waals surface area contributed by atoms with Gasteiger partial charge in [0.25, 0.3) is 0 Å². The lowest BCUT2D eigenvalue weighted by Gasteiger charge is -2.11. The highest BCUT2D eigenvalue weighted by Crippen LogP contribution is 2.31. The Kier molecular flexibility index (Phi) is 3.90. The summed E-state index contributed by atoms with van der Waals surface area (Å²) in [6.07, 6.45) is 0. The molecule has 0 spiro atoms. The molecule has 0 aliphatic carbocycles. The van der Waals surface area contributed by atoms with Gasteiger partial charge >= 0.3 is 0 Å². The summed E-state index contributed by atoms with van der Waals surface area (Å²) >= 11 is 15.4. The van der Waals surface area contributed by atoms with Crippen LogP contribution >= 0.6 is 39.1 Å². The molecule has 0 saturated heterocycles. The lowest BCUT2D eigenvalue weighted by molar-refractivity contribution is 0.514. The van der Waals surface area contributed by atoms with Gasteiger partial charge in [0.1, 0.15) is 11.3 Å². The minimum atomic E-state index is -0.979. The van der Waals surface area contributed by atoms with Crippen LogP contribution < -0.4 is 0 Å². The van der Waals surface area contributed by atoms with Gasteiger partial charge in [0, 0.05) is 4.47 Å². The maximum atomic E-state index is 14.2. The molecule has 1 heterocycles. The molecule has 0 saturated carbocycles. The largest absolute Gasteiger partial charge is 0.291 e. The number of rotatable bonds is 2. The number of fused-ring (bicyclic) bond motifs is 1. The van der Waals surface area contributed by atoms with E-state index in [0.717, 1.165) is 10.5 Å². The van der Waals surface area contributed by atoms with E-state index in [-0.39, 0.29) is 11.4 Å². The van der Waals surface area contributed by atoms with Crippen LogP contribution in [0.2, 0.25) is 5.02 Å². The molecule has 0 amide bonds. The second-order valence-electron chi connectivity index (χ2n) is 4.32. The highest BCUT2D eigenvalue weighted by molar-refractivity contribution is 9.10. The number of hydrogen-bond donors (Lipinski definition) is 0. The molecule has 108 valence electrons. The summed E-state index contributed by atoms with van der Waals surface area (Å²) in [4.78, 5) is 4.23. The Bertz CT molecular complexity index is 849. The first-order chi connectivity index (χ1) is 10.0. The van der Waals surface area contributed by atoms with Crippen LogP contribution in [0.4, 0.5) is 8.78 Å². The summed E-state index contributed by atoms with van der Waals surface area (Å²) in [5.74, 6) is -1.50. The summed E-state index contributed by atoms with van der Waals surface area (Å²) in [6, 6.07) is 7.55. The number of halogens is 5. The van der Waals surface area contributed by atoms with Crippen LogP contribution in [0.3, 0.4) is 0 Å². The zero-order chi connectivity index (χ0) is 15.1. The van der Waals surface area contributed by atoms with Gasteiger partial charge in [-0.1, -0.05) is 27.5 Å². The van der Waals surface area contributed by atoms with Crippen LogP contribution in [-0.4, -0.2) is 9.55 Å². The van der Waals surface area contributed by atoms with Crippen molar-refractivity contribution >= 4 is 50.2 Å². The van der Waals surface area contributed by atoms with E-state index in [1.54, 1.807) is 18.2 Å². The molecule has 2 aromatic carbocycles. The van der Waals surface area contributed by atoms with E-state index in [1.807, 2.05) is 0 Å². The quantitative estimate of drug-likeness (QED) is 0.530. The summed E-state index contributed by atoms with van der Waals surface area (Å²) < 4.78 is 29.9. The molecule has 0 aliphatic rings. The fourth-order valence-electron chi connectivity index (χ4n) is 2.16. The Morgan fingerprint density at radius 2 is 1.95 bits per heavy atom. The van der Waals surface area contributed by atoms with Crippen LogP contribution in [0.25, 0.3) is 16.7 Å². The van der Waals surface area contributed by atoms with Crippen molar-refractivity contribution in [2.75, 3.05) is 0 Å². The summed E-state index contributed by atoms with van der Waals surface area (Å²) in [5, 5.41) is 0.382. The number of aromatic nitrogens is 2. The van der Waals surface area contributed by atoms with Crippen molar-refractivity contribution in [3.05, 3.63) is 57.3 Å². The van der Waals surface area contributed by atoms with Gasteiger partial charge in [0.2, 0.25) is 0 Å². The van der Waals surface area contributed by atoms with Gasteiger partial charge in [-0.05, 0) is 30.3 Å². The third-order valence-corrected chi connectivity index (χ3v) is 4.10. The minimum Gasteiger partial charge on any atom is -0.291 e. The molecule has 3 aromatic rings. The number of imidazole rings is 1. The number of hydrogen-bond acceptors (Lipinski definition) is 1. The molecule has 3 rings (SSSR count). The van der Waals surface area contributed by atoms with E-state index in [0.29, 0.717) is 22.1 Å². The Labute approximate surface area is 137 Å². The fourth-order valence-corrected chi connectivity index (χ4v) is 2.89. The first kappa shape index (κ1) is 14.8. The third kappa shape index (κ3) is 2.43. The van der Waals surface area contributed by atoms with E-state index in [2.05, 4.69) is 20.9 Å². The van der Waals surface area contributed by atoms with E-state index in [4.69, 9.17) is 23.2 Å². The average Bonchev–Trinajstić information content (AvgIpc) is 2.84. The Balaban J connectivity index is 2.45. The molecule has 1 aromatic heterocycles. The first-order valence-electron chi connectivity index (χ1n) is 5.89. The molecule has 21 heavy (non-hydrogen) atoms. The van der Waals surface area contributed by atoms with Gasteiger partial charge < -0.3 is 0 Å². The summed E-state index contributed by atoms with van der Waals surface area (Å²) in [6.45, 7) is 0. The molecule has 0 atom stereocenters. The van der Waals surface area contributed by atoms with Crippen molar-refractivity contribution in [1.29, 1.82) is 0 Å². The Morgan fingerprint density at radius 1 is 1.19 bits per heavy atom. The zero-order valence-electron chi connectivity index (χ0n) is 10.4. The summed E-state index contributed by atoms with van der Waals surface area (Å²) in [7, 11) is 0. The molecule has 0 radical (unpaired) electrons. The van der Waals surface area contributed by atoms with Crippen LogP contribution in [0.5, 0.6) is 0 Å².